The molecule has 0 saturated heterocycles. The van der Waals surface area contributed by atoms with Crippen molar-refractivity contribution in [1.82, 2.24) is 4.68 Å². The maximum atomic E-state index is 13.1. The zero-order valence-electron chi connectivity index (χ0n) is 10.7. The van der Waals surface area contributed by atoms with Crippen molar-refractivity contribution < 1.29 is 4.39 Å². The number of benzene rings is 1. The van der Waals surface area contributed by atoms with E-state index in [4.69, 9.17) is 0 Å². The van der Waals surface area contributed by atoms with Gasteiger partial charge in [-0.05, 0) is 50.6 Å². The summed E-state index contributed by atoms with van der Waals surface area (Å²) in [6.07, 6.45) is 0. The van der Waals surface area contributed by atoms with E-state index in [9.17, 15) is 4.39 Å². The van der Waals surface area contributed by atoms with Crippen molar-refractivity contribution in [2.45, 2.75) is 26.8 Å². The smallest absolute Gasteiger partial charge is 0.124 e. The minimum absolute atomic E-state index is 0.0878. The molecule has 18 heavy (non-hydrogen) atoms. The van der Waals surface area contributed by atoms with E-state index in [-0.39, 0.29) is 11.9 Å². The summed E-state index contributed by atoms with van der Waals surface area (Å²) in [4.78, 5) is 0. The highest BCUT2D eigenvalue weighted by atomic mass is 79.9. The molecule has 0 aliphatic heterocycles. The molecule has 0 aliphatic rings. The maximum absolute atomic E-state index is 13.1. The van der Waals surface area contributed by atoms with Gasteiger partial charge in [-0.25, -0.2) is 4.39 Å². The normalized spacial score (nSPS) is 12.5. The molecule has 96 valence electrons. The Kier molecular flexibility index (Phi) is 3.76. The van der Waals surface area contributed by atoms with Gasteiger partial charge in [-0.2, -0.15) is 0 Å². The summed E-state index contributed by atoms with van der Waals surface area (Å²) >= 11 is 3.40. The van der Waals surface area contributed by atoms with E-state index in [1.807, 2.05) is 18.5 Å². The number of hydrogen-bond acceptors (Lipinski definition) is 1. The molecule has 0 amide bonds. The first kappa shape index (κ1) is 13.1. The lowest BCUT2D eigenvalue weighted by molar-refractivity contribution is 0.623. The van der Waals surface area contributed by atoms with Crippen molar-refractivity contribution in [3.63, 3.8) is 0 Å². The number of nitrogens with one attached hydrogen (secondary N) is 1. The monoisotopic (exact) mass is 310 g/mol. The summed E-state index contributed by atoms with van der Waals surface area (Å²) in [6.45, 7) is 6.15. The summed E-state index contributed by atoms with van der Waals surface area (Å²) in [5, 5.41) is 0. The zero-order chi connectivity index (χ0) is 13.3. The molecule has 2 rings (SSSR count). The Labute approximate surface area is 115 Å². The first-order valence-electron chi connectivity index (χ1n) is 5.85. The molecular weight excluding hydrogens is 295 g/mol. The fraction of sp³-hybridized carbons (Fsp3) is 0.286. The molecule has 1 N–H and O–H groups in total. The van der Waals surface area contributed by atoms with Gasteiger partial charge in [0.05, 0.1) is 6.04 Å². The van der Waals surface area contributed by atoms with Gasteiger partial charge in [0.25, 0.3) is 0 Å². The molecular formula is C14H16BrFN2. The van der Waals surface area contributed by atoms with Crippen molar-refractivity contribution in [3.8, 4) is 0 Å². The molecule has 0 spiro atoms. The molecule has 1 heterocycles. The molecule has 1 unspecified atom stereocenters. The van der Waals surface area contributed by atoms with E-state index in [0.29, 0.717) is 0 Å². The molecule has 1 aromatic carbocycles. The average Bonchev–Trinajstić information content (AvgIpc) is 2.60. The van der Waals surface area contributed by atoms with Crippen LogP contribution in [0.1, 0.15) is 29.9 Å². The molecule has 0 aliphatic carbocycles. The fourth-order valence-corrected chi connectivity index (χ4v) is 2.68. The van der Waals surface area contributed by atoms with Crippen molar-refractivity contribution in [2.24, 2.45) is 0 Å². The van der Waals surface area contributed by atoms with E-state index >= 15 is 0 Å². The van der Waals surface area contributed by atoms with Gasteiger partial charge in [0.15, 0.2) is 0 Å². The van der Waals surface area contributed by atoms with Crippen LogP contribution in [0.3, 0.4) is 0 Å². The Morgan fingerprint density at radius 3 is 2.33 bits per heavy atom. The van der Waals surface area contributed by atoms with E-state index in [1.54, 1.807) is 6.07 Å². The third kappa shape index (κ3) is 2.58. The summed E-state index contributed by atoms with van der Waals surface area (Å²) in [5.74, 6) is -0.230. The minimum atomic E-state index is -0.230. The van der Waals surface area contributed by atoms with E-state index in [0.717, 1.165) is 21.4 Å². The Hall–Kier alpha value is -1.29. The molecule has 0 bridgehead atoms. The SMILES string of the molecule is Cc1ccc(C)n1NC(C)c1ccc(F)cc1Br. The van der Waals surface area contributed by atoms with Crippen molar-refractivity contribution >= 4 is 15.9 Å². The van der Waals surface area contributed by atoms with Gasteiger partial charge in [-0.3, -0.25) is 4.68 Å². The van der Waals surface area contributed by atoms with Crippen molar-refractivity contribution in [3.05, 3.63) is 57.6 Å². The summed E-state index contributed by atoms with van der Waals surface area (Å²) in [6, 6.07) is 8.98. The van der Waals surface area contributed by atoms with Gasteiger partial charge in [0, 0.05) is 15.9 Å². The Balaban J connectivity index is 2.24. The van der Waals surface area contributed by atoms with Gasteiger partial charge in [0.2, 0.25) is 0 Å². The second-order valence-corrected chi connectivity index (χ2v) is 5.32. The van der Waals surface area contributed by atoms with Crippen LogP contribution in [0.4, 0.5) is 4.39 Å². The van der Waals surface area contributed by atoms with E-state index in [2.05, 4.69) is 40.4 Å². The number of aromatic nitrogens is 1. The number of halogens is 2. The average molecular weight is 311 g/mol. The van der Waals surface area contributed by atoms with Crippen LogP contribution < -0.4 is 5.43 Å². The molecule has 0 fully saturated rings. The quantitative estimate of drug-likeness (QED) is 0.894. The van der Waals surface area contributed by atoms with Crippen molar-refractivity contribution in [1.29, 1.82) is 0 Å². The standard InChI is InChI=1S/C14H16BrFN2/c1-9-4-5-10(2)18(9)17-11(3)13-7-6-12(16)8-14(13)15/h4-8,11,17H,1-3H3. The molecule has 0 saturated carbocycles. The molecule has 1 atom stereocenters. The lowest BCUT2D eigenvalue weighted by Crippen LogP contribution is -2.21. The van der Waals surface area contributed by atoms with Gasteiger partial charge >= 0.3 is 0 Å². The molecule has 0 radical (unpaired) electrons. The molecule has 1 aromatic heterocycles. The number of nitrogens with zero attached hydrogens (tertiary/aromatic N) is 1. The highest BCUT2D eigenvalue weighted by Gasteiger charge is 2.11. The molecule has 2 nitrogen and oxygen atoms in total. The summed E-state index contributed by atoms with van der Waals surface area (Å²) in [5.41, 5.74) is 6.73. The first-order chi connectivity index (χ1) is 8.49. The van der Waals surface area contributed by atoms with Gasteiger partial charge in [-0.1, -0.05) is 22.0 Å². The first-order valence-corrected chi connectivity index (χ1v) is 6.65. The molecule has 4 heteroatoms. The predicted octanol–water partition coefficient (Wildman–Crippen LogP) is 4.31. The van der Waals surface area contributed by atoms with Crippen LogP contribution in [0, 0.1) is 19.7 Å². The van der Waals surface area contributed by atoms with Crippen LogP contribution in [0.15, 0.2) is 34.8 Å². The summed E-state index contributed by atoms with van der Waals surface area (Å²) < 4.78 is 15.9. The number of hydrogen-bond donors (Lipinski definition) is 1. The van der Waals surface area contributed by atoms with Crippen molar-refractivity contribution in [2.75, 3.05) is 5.43 Å². The third-order valence-electron chi connectivity index (χ3n) is 3.02. The van der Waals surface area contributed by atoms with Crippen LogP contribution in [0.5, 0.6) is 0 Å². The van der Waals surface area contributed by atoms with Crippen LogP contribution in [-0.4, -0.2) is 4.68 Å². The Morgan fingerprint density at radius 2 is 1.78 bits per heavy atom. The summed E-state index contributed by atoms with van der Waals surface area (Å²) in [7, 11) is 0. The predicted molar refractivity (Wildman–Crippen MR) is 75.8 cm³/mol. The van der Waals surface area contributed by atoms with Crippen LogP contribution >= 0.6 is 15.9 Å². The largest absolute Gasteiger partial charge is 0.319 e. The topological polar surface area (TPSA) is 17.0 Å². The maximum Gasteiger partial charge on any atom is 0.124 e. The number of aryl methyl sites for hydroxylation is 2. The van der Waals surface area contributed by atoms with E-state index in [1.165, 1.54) is 12.1 Å². The Bertz CT molecular complexity index is 543. The number of rotatable bonds is 3. The minimum Gasteiger partial charge on any atom is -0.319 e. The second-order valence-electron chi connectivity index (χ2n) is 4.47. The van der Waals surface area contributed by atoms with Crippen LogP contribution in [0.2, 0.25) is 0 Å². The molecule has 2 aromatic rings. The zero-order valence-corrected chi connectivity index (χ0v) is 12.3. The lowest BCUT2D eigenvalue weighted by Gasteiger charge is -2.20. The Morgan fingerprint density at radius 1 is 1.17 bits per heavy atom. The van der Waals surface area contributed by atoms with E-state index < -0.39 is 0 Å². The van der Waals surface area contributed by atoms with Gasteiger partial charge in [-0.15, -0.1) is 0 Å². The van der Waals surface area contributed by atoms with Crippen LogP contribution in [-0.2, 0) is 0 Å². The van der Waals surface area contributed by atoms with Crippen LogP contribution in [0.25, 0.3) is 0 Å². The second kappa shape index (κ2) is 5.14. The lowest BCUT2D eigenvalue weighted by atomic mass is 10.1. The van der Waals surface area contributed by atoms with Gasteiger partial charge < -0.3 is 5.43 Å². The third-order valence-corrected chi connectivity index (χ3v) is 3.71. The highest BCUT2D eigenvalue weighted by molar-refractivity contribution is 9.10. The van der Waals surface area contributed by atoms with Gasteiger partial charge in [0.1, 0.15) is 5.82 Å². The highest BCUT2D eigenvalue weighted by Crippen LogP contribution is 2.25. The fourth-order valence-electron chi connectivity index (χ4n) is 1.99.